The quantitative estimate of drug-likeness (QED) is 0.695. The zero-order chi connectivity index (χ0) is 9.10. The summed E-state index contributed by atoms with van der Waals surface area (Å²) in [5.41, 5.74) is 1.12. The lowest BCUT2D eigenvalue weighted by Gasteiger charge is -1.96. The summed E-state index contributed by atoms with van der Waals surface area (Å²) in [6.45, 7) is 0.733. The molecule has 0 bridgehead atoms. The number of rotatable bonds is 3. The Morgan fingerprint density at radius 2 is 2.54 bits per heavy atom. The van der Waals surface area contributed by atoms with Crippen LogP contribution < -0.4 is 0 Å². The third-order valence-electron chi connectivity index (χ3n) is 1.69. The van der Waals surface area contributed by atoms with Crippen LogP contribution in [0.2, 0.25) is 0 Å². The fraction of sp³-hybridized carbons (Fsp3) is 0.111. The van der Waals surface area contributed by atoms with Crippen molar-refractivity contribution >= 4 is 17.6 Å². The van der Waals surface area contributed by atoms with E-state index in [-0.39, 0.29) is 0 Å². The number of aromatic nitrogens is 2. The first kappa shape index (κ1) is 8.19. The Morgan fingerprint density at radius 3 is 3.15 bits per heavy atom. The maximum absolute atomic E-state index is 10.4. The smallest absolute Gasteiger partial charge is 0.160 e. The Morgan fingerprint density at radius 1 is 1.62 bits per heavy atom. The van der Waals surface area contributed by atoms with Crippen molar-refractivity contribution in [2.24, 2.45) is 0 Å². The van der Waals surface area contributed by atoms with Crippen molar-refractivity contribution in [1.29, 1.82) is 0 Å². The molecule has 0 aliphatic carbocycles. The number of aldehydes is 1. The van der Waals surface area contributed by atoms with Crippen molar-refractivity contribution in [2.45, 2.75) is 6.54 Å². The topological polar surface area (TPSA) is 34.9 Å². The van der Waals surface area contributed by atoms with Crippen molar-refractivity contribution in [3.05, 3.63) is 40.3 Å². The van der Waals surface area contributed by atoms with Gasteiger partial charge in [0, 0.05) is 12.4 Å². The van der Waals surface area contributed by atoms with Crippen LogP contribution in [0.4, 0.5) is 0 Å². The zero-order valence-electron chi connectivity index (χ0n) is 6.88. The largest absolute Gasteiger partial charge is 0.297 e. The summed E-state index contributed by atoms with van der Waals surface area (Å²) >= 11 is 1.46. The van der Waals surface area contributed by atoms with Crippen LogP contribution in [-0.4, -0.2) is 16.1 Å². The summed E-state index contributed by atoms with van der Waals surface area (Å²) in [6.07, 6.45) is 4.52. The molecule has 0 unspecified atom stereocenters. The van der Waals surface area contributed by atoms with Gasteiger partial charge in [-0.15, -0.1) is 11.3 Å². The van der Waals surface area contributed by atoms with Gasteiger partial charge < -0.3 is 0 Å². The third kappa shape index (κ3) is 1.84. The number of carbonyl (C=O) groups excluding carboxylic acids is 1. The molecule has 2 aromatic heterocycles. The average Bonchev–Trinajstić information content (AvgIpc) is 2.76. The minimum absolute atomic E-state index is 0.733. The molecule has 0 radical (unpaired) electrons. The average molecular weight is 192 g/mol. The highest BCUT2D eigenvalue weighted by Gasteiger charge is 1.99. The van der Waals surface area contributed by atoms with E-state index < -0.39 is 0 Å². The zero-order valence-corrected chi connectivity index (χ0v) is 7.70. The van der Waals surface area contributed by atoms with Crippen LogP contribution in [0.15, 0.2) is 29.9 Å². The Hall–Kier alpha value is -1.42. The third-order valence-corrected chi connectivity index (χ3v) is 2.60. The van der Waals surface area contributed by atoms with Gasteiger partial charge in [-0.2, -0.15) is 5.10 Å². The van der Waals surface area contributed by atoms with Gasteiger partial charge in [0.2, 0.25) is 0 Å². The maximum Gasteiger partial charge on any atom is 0.160 e. The molecular formula is C9H8N2OS. The first-order valence-corrected chi connectivity index (χ1v) is 4.76. The minimum atomic E-state index is 0.733. The highest BCUT2D eigenvalue weighted by Crippen LogP contribution is 2.13. The fourth-order valence-electron chi connectivity index (χ4n) is 1.12. The van der Waals surface area contributed by atoms with Gasteiger partial charge in [0.1, 0.15) is 0 Å². The number of thiophene rings is 1. The van der Waals surface area contributed by atoms with Gasteiger partial charge >= 0.3 is 0 Å². The highest BCUT2D eigenvalue weighted by atomic mass is 32.1. The second-order valence-corrected chi connectivity index (χ2v) is 3.62. The van der Waals surface area contributed by atoms with Gasteiger partial charge in [-0.05, 0) is 23.1 Å². The predicted molar refractivity (Wildman–Crippen MR) is 51.0 cm³/mol. The van der Waals surface area contributed by atoms with E-state index >= 15 is 0 Å². The first-order valence-electron chi connectivity index (χ1n) is 3.88. The van der Waals surface area contributed by atoms with E-state index in [1.807, 2.05) is 28.4 Å². The van der Waals surface area contributed by atoms with Crippen molar-refractivity contribution in [2.75, 3.05) is 0 Å². The molecule has 0 spiro atoms. The van der Waals surface area contributed by atoms with Crippen molar-refractivity contribution in [3.63, 3.8) is 0 Å². The number of carbonyl (C=O) groups is 1. The summed E-state index contributed by atoms with van der Waals surface area (Å²) in [5.74, 6) is 0. The molecule has 0 aromatic carbocycles. The summed E-state index contributed by atoms with van der Waals surface area (Å²) < 4.78 is 1.83. The minimum Gasteiger partial charge on any atom is -0.297 e. The molecule has 3 nitrogen and oxygen atoms in total. The molecular weight excluding hydrogens is 184 g/mol. The molecule has 66 valence electrons. The van der Waals surface area contributed by atoms with Crippen LogP contribution in [-0.2, 0) is 6.54 Å². The SMILES string of the molecule is O=Cc1cc(Cn2cccn2)cs1. The Balaban J connectivity index is 2.14. The molecule has 0 N–H and O–H groups in total. The second kappa shape index (κ2) is 3.53. The Labute approximate surface area is 79.6 Å². The van der Waals surface area contributed by atoms with E-state index in [4.69, 9.17) is 0 Å². The normalized spacial score (nSPS) is 10.2. The van der Waals surface area contributed by atoms with E-state index in [9.17, 15) is 4.79 Å². The second-order valence-electron chi connectivity index (χ2n) is 2.68. The standard InChI is InChI=1S/C9H8N2OS/c12-6-9-4-8(7-13-9)5-11-3-1-2-10-11/h1-4,6-7H,5H2. The molecule has 0 saturated carbocycles. The molecule has 2 aromatic rings. The van der Waals surface area contributed by atoms with Crippen LogP contribution in [0.25, 0.3) is 0 Å². The molecule has 0 amide bonds. The lowest BCUT2D eigenvalue weighted by atomic mass is 10.3. The van der Waals surface area contributed by atoms with Gasteiger partial charge in [0.05, 0.1) is 11.4 Å². The lowest BCUT2D eigenvalue weighted by Crippen LogP contribution is -1.97. The van der Waals surface area contributed by atoms with Crippen LogP contribution >= 0.6 is 11.3 Å². The Kier molecular flexibility index (Phi) is 2.23. The predicted octanol–water partition coefficient (Wildman–Crippen LogP) is 1.81. The highest BCUT2D eigenvalue weighted by molar-refractivity contribution is 7.11. The van der Waals surface area contributed by atoms with Crippen LogP contribution in [0.1, 0.15) is 15.2 Å². The number of nitrogens with zero attached hydrogens (tertiary/aromatic N) is 2. The van der Waals surface area contributed by atoms with E-state index in [1.165, 1.54) is 11.3 Å². The van der Waals surface area contributed by atoms with E-state index in [0.717, 1.165) is 23.3 Å². The molecule has 2 heterocycles. The lowest BCUT2D eigenvalue weighted by molar-refractivity contribution is 0.112. The summed E-state index contributed by atoms with van der Waals surface area (Å²) in [6, 6.07) is 3.77. The molecule has 2 rings (SSSR count). The van der Waals surface area contributed by atoms with E-state index in [0.29, 0.717) is 0 Å². The number of hydrogen-bond acceptors (Lipinski definition) is 3. The van der Waals surface area contributed by atoms with Crippen LogP contribution in [0, 0.1) is 0 Å². The van der Waals surface area contributed by atoms with Gasteiger partial charge in [0.25, 0.3) is 0 Å². The first-order chi connectivity index (χ1) is 6.38. The van der Waals surface area contributed by atoms with Crippen LogP contribution in [0.5, 0.6) is 0 Å². The van der Waals surface area contributed by atoms with E-state index in [2.05, 4.69) is 5.10 Å². The molecule has 0 saturated heterocycles. The summed E-state index contributed by atoms with van der Waals surface area (Å²) in [5, 5.41) is 6.06. The number of hydrogen-bond donors (Lipinski definition) is 0. The summed E-state index contributed by atoms with van der Waals surface area (Å²) in [7, 11) is 0. The van der Waals surface area contributed by atoms with Gasteiger partial charge in [-0.1, -0.05) is 0 Å². The molecule has 0 aliphatic heterocycles. The molecule has 0 atom stereocenters. The van der Waals surface area contributed by atoms with E-state index in [1.54, 1.807) is 6.20 Å². The Bertz CT molecular complexity index is 391. The van der Waals surface area contributed by atoms with Gasteiger partial charge in [-0.25, -0.2) is 0 Å². The molecule has 0 aliphatic rings. The maximum atomic E-state index is 10.4. The van der Waals surface area contributed by atoms with Gasteiger partial charge in [0.15, 0.2) is 6.29 Å². The molecule has 0 fully saturated rings. The monoisotopic (exact) mass is 192 g/mol. The van der Waals surface area contributed by atoms with Crippen LogP contribution in [0.3, 0.4) is 0 Å². The van der Waals surface area contributed by atoms with Crippen molar-refractivity contribution in [3.8, 4) is 0 Å². The molecule has 13 heavy (non-hydrogen) atoms. The fourth-order valence-corrected chi connectivity index (χ4v) is 1.83. The summed E-state index contributed by atoms with van der Waals surface area (Å²) in [4.78, 5) is 11.2. The van der Waals surface area contributed by atoms with Gasteiger partial charge in [-0.3, -0.25) is 9.48 Å². The molecule has 4 heteroatoms. The van der Waals surface area contributed by atoms with Crippen molar-refractivity contribution in [1.82, 2.24) is 9.78 Å². The van der Waals surface area contributed by atoms with Crippen molar-refractivity contribution < 1.29 is 4.79 Å².